The van der Waals surface area contributed by atoms with Crippen LogP contribution >= 0.6 is 0 Å². The van der Waals surface area contributed by atoms with Crippen LogP contribution in [-0.2, 0) is 22.6 Å². The molecular formula is C34H26N4O5. The van der Waals surface area contributed by atoms with Gasteiger partial charge >= 0.3 is 0 Å². The van der Waals surface area contributed by atoms with Gasteiger partial charge in [-0.15, -0.1) is 0 Å². The predicted molar refractivity (Wildman–Crippen MR) is 157 cm³/mol. The number of fused-ring (bicyclic) bond motifs is 2. The van der Waals surface area contributed by atoms with Crippen LogP contribution in [0.25, 0.3) is 23.0 Å². The molecule has 43 heavy (non-hydrogen) atoms. The molecule has 0 saturated carbocycles. The molecule has 4 aromatic rings. The highest BCUT2D eigenvalue weighted by Gasteiger charge is 2.36. The molecule has 0 fully saturated rings. The molecule has 3 aliphatic rings. The number of ether oxygens (including phenoxy) is 3. The summed E-state index contributed by atoms with van der Waals surface area (Å²) >= 11 is 0. The van der Waals surface area contributed by atoms with Crippen LogP contribution in [-0.4, -0.2) is 39.4 Å². The monoisotopic (exact) mass is 570 g/mol. The molecule has 3 aromatic carbocycles. The summed E-state index contributed by atoms with van der Waals surface area (Å²) in [6, 6.07) is 22.9. The highest BCUT2D eigenvalue weighted by atomic mass is 16.7. The van der Waals surface area contributed by atoms with Gasteiger partial charge in [0.2, 0.25) is 6.79 Å². The second-order valence-corrected chi connectivity index (χ2v) is 10.7. The minimum Gasteiger partial charge on any atom is -0.490 e. The Labute approximate surface area is 247 Å². The topological polar surface area (TPSA) is 107 Å². The zero-order valence-electron chi connectivity index (χ0n) is 23.5. The molecule has 9 heteroatoms. The quantitative estimate of drug-likeness (QED) is 0.234. The lowest BCUT2D eigenvalue weighted by Gasteiger charge is -2.27. The van der Waals surface area contributed by atoms with Gasteiger partial charge < -0.3 is 14.2 Å². The Hall–Kier alpha value is -5.62. The molecule has 1 atom stereocenters. The molecule has 0 saturated heterocycles. The van der Waals surface area contributed by atoms with Crippen molar-refractivity contribution in [3.63, 3.8) is 0 Å². The van der Waals surface area contributed by atoms with Crippen molar-refractivity contribution in [2.24, 2.45) is 0 Å². The molecule has 1 unspecified atom stereocenters. The van der Waals surface area contributed by atoms with Crippen LogP contribution in [0, 0.1) is 11.3 Å². The van der Waals surface area contributed by atoms with Gasteiger partial charge in [-0.1, -0.05) is 24.3 Å². The third kappa shape index (κ3) is 4.63. The number of rotatable bonds is 5. The van der Waals surface area contributed by atoms with E-state index in [2.05, 4.69) is 6.07 Å². The van der Waals surface area contributed by atoms with E-state index in [-0.39, 0.29) is 30.6 Å². The summed E-state index contributed by atoms with van der Waals surface area (Å²) < 4.78 is 18.5. The van der Waals surface area contributed by atoms with E-state index < -0.39 is 11.8 Å². The molecule has 0 bridgehead atoms. The Bertz CT molecular complexity index is 1910. The highest BCUT2D eigenvalue weighted by molar-refractivity contribution is 6.19. The first-order chi connectivity index (χ1) is 20.9. The summed E-state index contributed by atoms with van der Waals surface area (Å²) in [4.78, 5) is 28.4. The Balaban J connectivity index is 1.33. The van der Waals surface area contributed by atoms with E-state index in [0.717, 1.165) is 33.9 Å². The Kier molecular flexibility index (Phi) is 6.32. The number of hydrogen-bond acceptors (Lipinski definition) is 7. The summed E-state index contributed by atoms with van der Waals surface area (Å²) in [7, 11) is 0. The van der Waals surface area contributed by atoms with Crippen molar-refractivity contribution in [2.45, 2.75) is 32.9 Å². The van der Waals surface area contributed by atoms with E-state index in [0.29, 0.717) is 33.9 Å². The van der Waals surface area contributed by atoms with E-state index in [1.54, 1.807) is 35.9 Å². The first kappa shape index (κ1) is 26.3. The number of aromatic nitrogens is 2. The van der Waals surface area contributed by atoms with E-state index in [1.807, 2.05) is 61.7 Å². The molecule has 3 aliphatic heterocycles. The zero-order valence-corrected chi connectivity index (χ0v) is 23.5. The fourth-order valence-electron chi connectivity index (χ4n) is 5.65. The van der Waals surface area contributed by atoms with Gasteiger partial charge in [0.25, 0.3) is 11.8 Å². The minimum atomic E-state index is -0.632. The average molecular weight is 571 g/mol. The molecule has 9 nitrogen and oxygen atoms in total. The molecule has 1 aromatic heterocycles. The highest BCUT2D eigenvalue weighted by Crippen LogP contribution is 2.37. The second kappa shape index (κ2) is 10.3. The maximum absolute atomic E-state index is 14.0. The molecule has 0 spiro atoms. The molecule has 0 N–H and O–H groups in total. The lowest BCUT2D eigenvalue weighted by Crippen LogP contribution is -2.42. The SMILES string of the molecule is CC1=C(C#N)C(=O)N(Cc2ccc3c(c2)OCO3)C(=O)/C1=C/c1cn(-c2ccccc2)nc1-c1ccc2c(c1)CC(C)O2. The number of nitrogens with zero attached hydrogens (tertiary/aromatic N) is 4. The van der Waals surface area contributed by atoms with Gasteiger partial charge in [-0.05, 0) is 79.1 Å². The van der Waals surface area contributed by atoms with Crippen molar-refractivity contribution in [3.05, 3.63) is 106 Å². The molecule has 0 radical (unpaired) electrons. The number of amides is 2. The predicted octanol–water partition coefficient (Wildman–Crippen LogP) is 5.38. The summed E-state index contributed by atoms with van der Waals surface area (Å²) in [5, 5.41) is 14.9. The molecule has 0 aliphatic carbocycles. The minimum absolute atomic E-state index is 0.0246. The van der Waals surface area contributed by atoms with Gasteiger partial charge in [0.1, 0.15) is 23.5 Å². The molecule has 212 valence electrons. The number of carbonyl (C=O) groups is 2. The normalized spacial score (nSPS) is 18.2. The number of benzene rings is 3. The van der Waals surface area contributed by atoms with Crippen molar-refractivity contribution in [3.8, 4) is 40.3 Å². The van der Waals surface area contributed by atoms with Crippen LogP contribution in [0.2, 0.25) is 0 Å². The van der Waals surface area contributed by atoms with Crippen LogP contribution in [0.1, 0.15) is 30.5 Å². The van der Waals surface area contributed by atoms with Gasteiger partial charge in [0.05, 0.1) is 17.9 Å². The van der Waals surface area contributed by atoms with E-state index in [4.69, 9.17) is 19.3 Å². The summed E-state index contributed by atoms with van der Waals surface area (Å²) in [6.45, 7) is 3.76. The van der Waals surface area contributed by atoms with E-state index in [9.17, 15) is 14.9 Å². The first-order valence-corrected chi connectivity index (χ1v) is 13.9. The van der Waals surface area contributed by atoms with Gasteiger partial charge in [0, 0.05) is 29.3 Å². The van der Waals surface area contributed by atoms with E-state index >= 15 is 0 Å². The van der Waals surface area contributed by atoms with Gasteiger partial charge in [-0.25, -0.2) is 4.68 Å². The van der Waals surface area contributed by atoms with Crippen LogP contribution in [0.4, 0.5) is 0 Å². The second-order valence-electron chi connectivity index (χ2n) is 10.7. The number of para-hydroxylation sites is 1. The Morgan fingerprint density at radius 2 is 1.79 bits per heavy atom. The van der Waals surface area contributed by atoms with Gasteiger partial charge in [-0.2, -0.15) is 10.4 Å². The first-order valence-electron chi connectivity index (χ1n) is 13.9. The number of carbonyl (C=O) groups excluding carboxylic acids is 2. The van der Waals surface area contributed by atoms with Crippen LogP contribution in [0.3, 0.4) is 0 Å². The summed E-state index contributed by atoms with van der Waals surface area (Å²) in [5.74, 6) is 0.881. The lowest BCUT2D eigenvalue weighted by atomic mass is 9.92. The van der Waals surface area contributed by atoms with E-state index in [1.165, 1.54) is 0 Å². The Morgan fingerprint density at radius 1 is 1.00 bits per heavy atom. The smallest absolute Gasteiger partial charge is 0.271 e. The van der Waals surface area contributed by atoms with Crippen molar-refractivity contribution in [2.75, 3.05) is 6.79 Å². The molecule has 7 rings (SSSR count). The largest absolute Gasteiger partial charge is 0.490 e. The number of imide groups is 1. The van der Waals surface area contributed by atoms with Crippen molar-refractivity contribution in [1.82, 2.24) is 14.7 Å². The van der Waals surface area contributed by atoms with Crippen LogP contribution in [0.5, 0.6) is 17.2 Å². The number of hydrogen-bond donors (Lipinski definition) is 0. The van der Waals surface area contributed by atoms with Crippen LogP contribution in [0.15, 0.2) is 89.6 Å². The summed E-state index contributed by atoms with van der Waals surface area (Å²) in [5.41, 5.74) is 5.34. The van der Waals surface area contributed by atoms with Crippen molar-refractivity contribution in [1.29, 1.82) is 5.26 Å². The number of nitriles is 1. The summed E-state index contributed by atoms with van der Waals surface area (Å²) in [6.07, 6.45) is 4.47. The third-order valence-electron chi connectivity index (χ3n) is 7.84. The third-order valence-corrected chi connectivity index (χ3v) is 7.84. The standard InChI is InChI=1S/C34H26N4O5/c1-20-12-24-14-23(9-11-29(24)43-20)32-25(18-38(36-32)26-6-4-3-5-7-26)15-27-21(2)28(16-35)34(40)37(33(27)39)17-22-8-10-30-31(13-22)42-19-41-30/h3-11,13-15,18,20H,12,17,19H2,1-2H3/b27-15+. The van der Waals surface area contributed by atoms with Crippen molar-refractivity contribution < 1.29 is 23.8 Å². The molecular weight excluding hydrogens is 544 g/mol. The van der Waals surface area contributed by atoms with Gasteiger partial charge in [0.15, 0.2) is 11.5 Å². The van der Waals surface area contributed by atoms with Crippen molar-refractivity contribution >= 4 is 17.9 Å². The van der Waals surface area contributed by atoms with Gasteiger partial charge in [-0.3, -0.25) is 14.5 Å². The molecule has 4 heterocycles. The average Bonchev–Trinajstić information content (AvgIpc) is 3.75. The fourth-order valence-corrected chi connectivity index (χ4v) is 5.65. The zero-order chi connectivity index (χ0) is 29.7. The maximum atomic E-state index is 14.0. The maximum Gasteiger partial charge on any atom is 0.271 e. The Morgan fingerprint density at radius 3 is 2.60 bits per heavy atom. The molecule has 2 amide bonds. The fraction of sp³-hybridized carbons (Fsp3) is 0.176. The van der Waals surface area contributed by atoms with Crippen LogP contribution < -0.4 is 14.2 Å². The lowest BCUT2D eigenvalue weighted by molar-refractivity contribution is -0.141.